The monoisotopic (exact) mass is 277 g/mol. The third-order valence-corrected chi connectivity index (χ3v) is 3.43. The third-order valence-electron chi connectivity index (χ3n) is 3.21. The summed E-state index contributed by atoms with van der Waals surface area (Å²) in [5.74, 6) is 6.39. The Morgan fingerprint density at radius 3 is 2.95 bits per heavy atom. The lowest BCUT2D eigenvalue weighted by Gasteiger charge is -2.32. The van der Waals surface area contributed by atoms with E-state index in [-0.39, 0.29) is 5.75 Å². The van der Waals surface area contributed by atoms with E-state index >= 15 is 0 Å². The Bertz CT molecular complexity index is 628. The average molecular weight is 278 g/mol. The van der Waals surface area contributed by atoms with E-state index in [0.29, 0.717) is 22.2 Å². The molecule has 1 aliphatic heterocycles. The number of fused-ring (bicyclic) bond motifs is 1. The van der Waals surface area contributed by atoms with Gasteiger partial charge in [0, 0.05) is 22.6 Å². The molecule has 3 rings (SSSR count). The number of cyclic esters (lactones) is 1. The smallest absolute Gasteiger partial charge is 0.413 e. The highest BCUT2D eigenvalue weighted by atomic mass is 35.5. The fraction of sp³-hybridized carbons (Fsp3) is 0.357. The first-order chi connectivity index (χ1) is 8.98. The van der Waals surface area contributed by atoms with Crippen molar-refractivity contribution < 1.29 is 14.6 Å². The molecular weight excluding hydrogens is 266 g/mol. The summed E-state index contributed by atoms with van der Waals surface area (Å²) in [6.45, 7) is 1.70. The number of carbonyl (C=O) groups is 1. The molecule has 0 spiro atoms. The molecule has 0 radical (unpaired) electrons. The highest BCUT2D eigenvalue weighted by molar-refractivity contribution is 6.31. The number of hydrogen-bond acceptors (Lipinski definition) is 3. The normalized spacial score (nSPS) is 24.6. The molecule has 0 aromatic heterocycles. The van der Waals surface area contributed by atoms with Gasteiger partial charge in [-0.3, -0.25) is 5.32 Å². The largest absolute Gasteiger partial charge is 0.506 e. The van der Waals surface area contributed by atoms with E-state index in [0.717, 1.165) is 12.8 Å². The number of rotatable bonds is 0. The summed E-state index contributed by atoms with van der Waals surface area (Å²) in [5, 5.41) is 12.7. The Morgan fingerprint density at radius 2 is 2.26 bits per heavy atom. The van der Waals surface area contributed by atoms with Gasteiger partial charge in [-0.25, -0.2) is 4.79 Å². The van der Waals surface area contributed by atoms with Crippen LogP contribution in [0.1, 0.15) is 25.3 Å². The van der Waals surface area contributed by atoms with Gasteiger partial charge in [-0.1, -0.05) is 23.4 Å². The second kappa shape index (κ2) is 4.07. The summed E-state index contributed by atoms with van der Waals surface area (Å²) < 4.78 is 5.30. The van der Waals surface area contributed by atoms with Crippen LogP contribution in [0.4, 0.5) is 10.5 Å². The second-order valence-electron chi connectivity index (χ2n) is 4.94. The molecule has 2 aliphatic rings. The van der Waals surface area contributed by atoms with E-state index in [9.17, 15) is 9.90 Å². The molecule has 0 saturated heterocycles. The van der Waals surface area contributed by atoms with Crippen LogP contribution in [0.2, 0.25) is 5.02 Å². The molecule has 1 heterocycles. The minimum atomic E-state index is -1.08. The Hall–Kier alpha value is -1.86. The molecule has 19 heavy (non-hydrogen) atoms. The van der Waals surface area contributed by atoms with E-state index in [1.165, 1.54) is 6.07 Å². The molecule has 1 amide bonds. The van der Waals surface area contributed by atoms with E-state index in [1.54, 1.807) is 13.0 Å². The first kappa shape index (κ1) is 12.2. The highest BCUT2D eigenvalue weighted by Gasteiger charge is 2.38. The summed E-state index contributed by atoms with van der Waals surface area (Å²) >= 11 is 5.94. The van der Waals surface area contributed by atoms with Crippen LogP contribution in [-0.2, 0) is 10.3 Å². The average Bonchev–Trinajstić information content (AvgIpc) is 3.12. The maximum atomic E-state index is 11.6. The molecule has 1 atom stereocenters. The summed E-state index contributed by atoms with van der Waals surface area (Å²) in [6.07, 6.45) is 1.55. The van der Waals surface area contributed by atoms with Crippen molar-refractivity contribution in [3.63, 3.8) is 0 Å². The minimum absolute atomic E-state index is 0.0846. The van der Waals surface area contributed by atoms with E-state index in [1.807, 2.05) is 0 Å². The maximum Gasteiger partial charge on any atom is 0.413 e. The lowest BCUT2D eigenvalue weighted by Crippen LogP contribution is -2.36. The molecule has 1 unspecified atom stereocenters. The van der Waals surface area contributed by atoms with Crippen LogP contribution in [0.25, 0.3) is 0 Å². The number of aromatic hydroxyl groups is 1. The zero-order valence-corrected chi connectivity index (χ0v) is 11.0. The van der Waals surface area contributed by atoms with Crippen molar-refractivity contribution in [3.8, 4) is 17.6 Å². The summed E-state index contributed by atoms with van der Waals surface area (Å²) in [7, 11) is 0. The van der Waals surface area contributed by atoms with Crippen LogP contribution in [0.15, 0.2) is 12.1 Å². The standard InChI is InChI=1S/C14H12ClNO3/c1-14(5-4-8-2-3-8)10-6-9(15)7-11(17)12(10)16-13(18)19-14/h6-8,17H,2-3H2,1H3,(H,16,18). The van der Waals surface area contributed by atoms with Gasteiger partial charge in [-0.05, 0) is 25.8 Å². The molecule has 5 heteroatoms. The number of benzene rings is 1. The molecule has 1 aliphatic carbocycles. The predicted octanol–water partition coefficient (Wildman–Crippen LogP) is 3.24. The number of amides is 1. The number of halogens is 1. The van der Waals surface area contributed by atoms with Crippen molar-refractivity contribution in [1.29, 1.82) is 0 Å². The molecule has 98 valence electrons. The van der Waals surface area contributed by atoms with Crippen molar-refractivity contribution in [2.45, 2.75) is 25.4 Å². The predicted molar refractivity (Wildman–Crippen MR) is 71.1 cm³/mol. The number of hydrogen-bond donors (Lipinski definition) is 2. The van der Waals surface area contributed by atoms with Crippen molar-refractivity contribution in [2.24, 2.45) is 5.92 Å². The fourth-order valence-electron chi connectivity index (χ4n) is 2.03. The van der Waals surface area contributed by atoms with Crippen molar-refractivity contribution in [1.82, 2.24) is 0 Å². The molecule has 4 nitrogen and oxygen atoms in total. The van der Waals surface area contributed by atoms with Crippen LogP contribution in [0.3, 0.4) is 0 Å². The number of ether oxygens (including phenoxy) is 1. The van der Waals surface area contributed by atoms with Gasteiger partial charge in [0.1, 0.15) is 5.75 Å². The summed E-state index contributed by atoms with van der Waals surface area (Å²) in [4.78, 5) is 11.6. The third kappa shape index (κ3) is 2.22. The molecular formula is C14H12ClNO3. The van der Waals surface area contributed by atoms with Crippen molar-refractivity contribution in [3.05, 3.63) is 22.7 Å². The Morgan fingerprint density at radius 1 is 1.53 bits per heavy atom. The van der Waals surface area contributed by atoms with E-state index in [4.69, 9.17) is 16.3 Å². The Labute approximate surface area is 115 Å². The van der Waals surface area contributed by atoms with Gasteiger partial charge in [-0.15, -0.1) is 0 Å². The molecule has 0 bridgehead atoms. The van der Waals surface area contributed by atoms with Crippen LogP contribution in [0.5, 0.6) is 5.75 Å². The summed E-state index contributed by atoms with van der Waals surface area (Å²) in [6, 6.07) is 3.03. The van der Waals surface area contributed by atoms with Gasteiger partial charge in [0.15, 0.2) is 5.60 Å². The quantitative estimate of drug-likeness (QED) is 0.565. The lowest BCUT2D eigenvalue weighted by molar-refractivity contribution is 0.0710. The molecule has 1 aromatic carbocycles. The van der Waals surface area contributed by atoms with Gasteiger partial charge in [0.25, 0.3) is 0 Å². The summed E-state index contributed by atoms with van der Waals surface area (Å²) in [5.41, 5.74) is -0.193. The van der Waals surface area contributed by atoms with Gasteiger partial charge in [0.05, 0.1) is 5.69 Å². The molecule has 1 saturated carbocycles. The number of phenolic OH excluding ortho intramolecular Hbond substituents is 1. The number of nitrogens with one attached hydrogen (secondary N) is 1. The zero-order chi connectivity index (χ0) is 13.6. The lowest BCUT2D eigenvalue weighted by atomic mass is 9.92. The number of carbonyl (C=O) groups excluding carboxylic acids is 1. The second-order valence-corrected chi connectivity index (χ2v) is 5.38. The first-order valence-electron chi connectivity index (χ1n) is 6.03. The molecule has 1 aromatic rings. The van der Waals surface area contributed by atoms with E-state index < -0.39 is 11.7 Å². The highest BCUT2D eigenvalue weighted by Crippen LogP contribution is 2.42. The van der Waals surface area contributed by atoms with Crippen LogP contribution in [0, 0.1) is 17.8 Å². The van der Waals surface area contributed by atoms with E-state index in [2.05, 4.69) is 17.2 Å². The van der Waals surface area contributed by atoms with Crippen LogP contribution in [-0.4, -0.2) is 11.2 Å². The number of phenols is 1. The first-order valence-corrected chi connectivity index (χ1v) is 6.41. The van der Waals surface area contributed by atoms with Crippen LogP contribution >= 0.6 is 11.6 Å². The molecule has 1 fully saturated rings. The van der Waals surface area contributed by atoms with Crippen molar-refractivity contribution >= 4 is 23.4 Å². The minimum Gasteiger partial charge on any atom is -0.506 e. The van der Waals surface area contributed by atoms with Gasteiger partial charge >= 0.3 is 6.09 Å². The fourth-order valence-corrected chi connectivity index (χ4v) is 2.24. The SMILES string of the molecule is CC1(C#CC2CC2)OC(=O)Nc2c(O)cc(Cl)cc21. The molecule has 2 N–H and O–H groups in total. The Balaban J connectivity index is 2.13. The van der Waals surface area contributed by atoms with Gasteiger partial charge in [-0.2, -0.15) is 0 Å². The Kier molecular flexibility index (Phi) is 2.61. The van der Waals surface area contributed by atoms with Gasteiger partial charge < -0.3 is 9.84 Å². The maximum absolute atomic E-state index is 11.6. The zero-order valence-electron chi connectivity index (χ0n) is 10.3. The topological polar surface area (TPSA) is 58.6 Å². The number of anilines is 1. The van der Waals surface area contributed by atoms with Gasteiger partial charge in [0.2, 0.25) is 0 Å². The van der Waals surface area contributed by atoms with Crippen LogP contribution < -0.4 is 5.32 Å². The van der Waals surface area contributed by atoms with Crippen molar-refractivity contribution in [2.75, 3.05) is 5.32 Å².